The van der Waals surface area contributed by atoms with E-state index in [1.807, 2.05) is 37.3 Å². The van der Waals surface area contributed by atoms with Crippen molar-refractivity contribution in [1.29, 1.82) is 0 Å². The van der Waals surface area contributed by atoms with Crippen LogP contribution in [0.3, 0.4) is 0 Å². The molecule has 5 heteroatoms. The van der Waals surface area contributed by atoms with Crippen molar-refractivity contribution in [3.05, 3.63) is 58.6 Å². The van der Waals surface area contributed by atoms with Gasteiger partial charge in [-0.15, -0.1) is 0 Å². The number of rotatable bonds is 5. The van der Waals surface area contributed by atoms with Gasteiger partial charge in [-0.25, -0.2) is 0 Å². The molecule has 0 saturated carbocycles. The zero-order chi connectivity index (χ0) is 15.2. The third-order valence-corrected chi connectivity index (χ3v) is 3.61. The zero-order valence-electron chi connectivity index (χ0n) is 11.6. The van der Waals surface area contributed by atoms with Crippen molar-refractivity contribution in [2.24, 2.45) is 0 Å². The normalized spacial score (nSPS) is 10.2. The minimum absolute atomic E-state index is 0.0280. The lowest BCUT2D eigenvalue weighted by atomic mass is 10.2. The number of carbonyl (C=O) groups is 1. The lowest BCUT2D eigenvalue weighted by Gasteiger charge is -2.21. The first kappa shape index (κ1) is 15.7. The molecule has 21 heavy (non-hydrogen) atoms. The molecular formula is C16H16Cl2N2O. The maximum absolute atomic E-state index is 12.3. The van der Waals surface area contributed by atoms with Crippen LogP contribution < -0.4 is 10.2 Å². The number of halogens is 2. The van der Waals surface area contributed by atoms with E-state index in [1.165, 1.54) is 0 Å². The molecule has 0 heterocycles. The van der Waals surface area contributed by atoms with Gasteiger partial charge in [0.2, 0.25) is 5.91 Å². The van der Waals surface area contributed by atoms with Crippen molar-refractivity contribution in [2.75, 3.05) is 23.3 Å². The average Bonchev–Trinajstić information content (AvgIpc) is 2.50. The molecule has 0 radical (unpaired) electrons. The van der Waals surface area contributed by atoms with Gasteiger partial charge in [0, 0.05) is 17.3 Å². The smallest absolute Gasteiger partial charge is 0.246 e. The summed E-state index contributed by atoms with van der Waals surface area (Å²) < 4.78 is 0. The molecule has 0 fully saturated rings. The van der Waals surface area contributed by atoms with Gasteiger partial charge in [0.15, 0.2) is 0 Å². The number of nitrogens with zero attached hydrogens (tertiary/aromatic N) is 1. The van der Waals surface area contributed by atoms with Crippen LogP contribution in [0, 0.1) is 0 Å². The number of benzene rings is 2. The molecule has 1 amide bonds. The number of hydrogen-bond donors (Lipinski definition) is 1. The summed E-state index contributed by atoms with van der Waals surface area (Å²) in [7, 11) is 0. The number of hydrogen-bond acceptors (Lipinski definition) is 2. The second-order valence-corrected chi connectivity index (χ2v) is 5.29. The lowest BCUT2D eigenvalue weighted by molar-refractivity contribution is -0.116. The standard InChI is InChI=1S/C16H16Cl2N2O/c1-2-20(13-6-4-3-5-7-13)16(21)11-19-15-10-12(17)8-9-14(15)18/h3-10,19H,2,11H2,1H3. The predicted octanol–water partition coefficient (Wildman–Crippen LogP) is 4.46. The fourth-order valence-corrected chi connectivity index (χ4v) is 2.37. The molecule has 0 aliphatic carbocycles. The Bertz CT molecular complexity index is 617. The lowest BCUT2D eigenvalue weighted by Crippen LogP contribution is -2.35. The molecule has 0 saturated heterocycles. The Kier molecular flexibility index (Phi) is 5.48. The topological polar surface area (TPSA) is 32.3 Å². The molecule has 0 aliphatic heterocycles. The molecule has 110 valence electrons. The zero-order valence-corrected chi connectivity index (χ0v) is 13.2. The van der Waals surface area contributed by atoms with E-state index in [-0.39, 0.29) is 12.5 Å². The van der Waals surface area contributed by atoms with Crippen molar-refractivity contribution in [2.45, 2.75) is 6.92 Å². The van der Waals surface area contributed by atoms with Crippen LogP contribution in [0.1, 0.15) is 6.92 Å². The third-order valence-electron chi connectivity index (χ3n) is 3.04. The first-order valence-corrected chi connectivity index (χ1v) is 7.41. The van der Waals surface area contributed by atoms with E-state index in [0.717, 1.165) is 5.69 Å². The summed E-state index contributed by atoms with van der Waals surface area (Å²) in [6, 6.07) is 14.7. The molecule has 0 unspecified atom stereocenters. The fraction of sp³-hybridized carbons (Fsp3) is 0.188. The highest BCUT2D eigenvalue weighted by atomic mass is 35.5. The molecule has 0 atom stereocenters. The maximum atomic E-state index is 12.3. The summed E-state index contributed by atoms with van der Waals surface area (Å²) in [6.07, 6.45) is 0. The molecule has 1 N–H and O–H groups in total. The summed E-state index contributed by atoms with van der Waals surface area (Å²) in [5.74, 6) is -0.0280. The van der Waals surface area contributed by atoms with E-state index in [9.17, 15) is 4.79 Å². The summed E-state index contributed by atoms with van der Waals surface area (Å²) >= 11 is 12.0. The number of likely N-dealkylation sites (N-methyl/N-ethyl adjacent to an activating group) is 1. The largest absolute Gasteiger partial charge is 0.375 e. The minimum atomic E-state index is -0.0280. The quantitative estimate of drug-likeness (QED) is 0.881. The van der Waals surface area contributed by atoms with Crippen molar-refractivity contribution in [1.82, 2.24) is 0 Å². The van der Waals surface area contributed by atoms with E-state index in [0.29, 0.717) is 22.3 Å². The van der Waals surface area contributed by atoms with Crippen LogP contribution in [0.4, 0.5) is 11.4 Å². The Morgan fingerprint density at radius 1 is 1.14 bits per heavy atom. The van der Waals surface area contributed by atoms with Gasteiger partial charge in [0.25, 0.3) is 0 Å². The van der Waals surface area contributed by atoms with Gasteiger partial charge in [-0.1, -0.05) is 41.4 Å². The van der Waals surface area contributed by atoms with Crippen LogP contribution in [0.25, 0.3) is 0 Å². The first-order valence-electron chi connectivity index (χ1n) is 6.66. The van der Waals surface area contributed by atoms with E-state index in [1.54, 1.807) is 23.1 Å². The molecule has 0 spiro atoms. The van der Waals surface area contributed by atoms with E-state index >= 15 is 0 Å². The van der Waals surface area contributed by atoms with E-state index in [2.05, 4.69) is 5.32 Å². The number of carbonyl (C=O) groups excluding carboxylic acids is 1. The first-order chi connectivity index (χ1) is 10.1. The second kappa shape index (κ2) is 7.34. The van der Waals surface area contributed by atoms with Gasteiger partial charge in [-0.2, -0.15) is 0 Å². The van der Waals surface area contributed by atoms with Crippen LogP contribution in [-0.2, 0) is 4.79 Å². The van der Waals surface area contributed by atoms with Crippen LogP contribution in [0.5, 0.6) is 0 Å². The second-order valence-electron chi connectivity index (χ2n) is 4.45. The average molecular weight is 323 g/mol. The number of para-hydroxylation sites is 1. The Hall–Kier alpha value is -1.71. The van der Waals surface area contributed by atoms with E-state index in [4.69, 9.17) is 23.2 Å². The molecule has 2 aromatic rings. The van der Waals surface area contributed by atoms with Gasteiger partial charge in [-0.3, -0.25) is 4.79 Å². The number of nitrogens with one attached hydrogen (secondary N) is 1. The van der Waals surface area contributed by atoms with Crippen LogP contribution in [0.15, 0.2) is 48.5 Å². The van der Waals surface area contributed by atoms with Gasteiger partial charge in [0.1, 0.15) is 0 Å². The molecule has 0 aliphatic rings. The Labute approximate surface area is 134 Å². The summed E-state index contributed by atoms with van der Waals surface area (Å²) in [4.78, 5) is 14.0. The van der Waals surface area contributed by atoms with Gasteiger partial charge in [0.05, 0.1) is 17.3 Å². The van der Waals surface area contributed by atoms with Gasteiger partial charge < -0.3 is 10.2 Å². The SMILES string of the molecule is CCN(C(=O)CNc1cc(Cl)ccc1Cl)c1ccccc1. The fourth-order valence-electron chi connectivity index (χ4n) is 2.01. The van der Waals surface area contributed by atoms with Gasteiger partial charge >= 0.3 is 0 Å². The van der Waals surface area contributed by atoms with Crippen molar-refractivity contribution in [3.63, 3.8) is 0 Å². The van der Waals surface area contributed by atoms with Crippen LogP contribution in [-0.4, -0.2) is 19.0 Å². The molecule has 2 rings (SSSR count). The van der Waals surface area contributed by atoms with Crippen LogP contribution in [0.2, 0.25) is 10.0 Å². The van der Waals surface area contributed by atoms with Gasteiger partial charge in [-0.05, 0) is 37.3 Å². The Morgan fingerprint density at radius 2 is 1.86 bits per heavy atom. The van der Waals surface area contributed by atoms with E-state index < -0.39 is 0 Å². The molecular weight excluding hydrogens is 307 g/mol. The van der Waals surface area contributed by atoms with Crippen LogP contribution >= 0.6 is 23.2 Å². The van der Waals surface area contributed by atoms with Crippen molar-refractivity contribution >= 4 is 40.5 Å². The highest BCUT2D eigenvalue weighted by molar-refractivity contribution is 6.35. The highest BCUT2D eigenvalue weighted by Crippen LogP contribution is 2.25. The number of anilines is 2. The third kappa shape index (κ3) is 4.13. The summed E-state index contributed by atoms with van der Waals surface area (Å²) in [6.45, 7) is 2.70. The molecule has 3 nitrogen and oxygen atoms in total. The van der Waals surface area contributed by atoms with Crippen molar-refractivity contribution < 1.29 is 4.79 Å². The maximum Gasteiger partial charge on any atom is 0.246 e. The summed E-state index contributed by atoms with van der Waals surface area (Å²) in [5, 5.41) is 4.14. The molecule has 0 bridgehead atoms. The monoisotopic (exact) mass is 322 g/mol. The number of amides is 1. The summed E-state index contributed by atoms with van der Waals surface area (Å²) in [5.41, 5.74) is 1.53. The van der Waals surface area contributed by atoms with Crippen molar-refractivity contribution in [3.8, 4) is 0 Å². The predicted molar refractivity (Wildman–Crippen MR) is 89.4 cm³/mol. The Morgan fingerprint density at radius 3 is 2.52 bits per heavy atom. The Balaban J connectivity index is 2.05. The highest BCUT2D eigenvalue weighted by Gasteiger charge is 2.13. The molecule has 2 aromatic carbocycles. The minimum Gasteiger partial charge on any atom is -0.375 e. The molecule has 0 aromatic heterocycles.